The van der Waals surface area contributed by atoms with Crippen LogP contribution in [0.2, 0.25) is 0 Å². The Hall–Kier alpha value is -1.15. The average molecular weight is 167 g/mol. The maximum Gasteiger partial charge on any atom is 0.116 e. The molecule has 2 heteroatoms. The van der Waals surface area contributed by atoms with Gasteiger partial charge >= 0.3 is 0 Å². The molecule has 0 spiro atoms. The molecule has 2 N–H and O–H groups in total. The largest absolute Gasteiger partial charge is 0.327 e. The first kappa shape index (κ1) is 10.8. The summed E-state index contributed by atoms with van der Waals surface area (Å²) in [4.78, 5) is 0. The predicted molar refractivity (Wildman–Crippen MR) is 51.3 cm³/mol. The first-order valence-corrected chi connectivity index (χ1v) is 3.76. The summed E-state index contributed by atoms with van der Waals surface area (Å²) in [6.07, 6.45) is 8.47. The Kier molecular flexibility index (Phi) is 5.93. The van der Waals surface area contributed by atoms with Crippen molar-refractivity contribution in [2.24, 2.45) is 5.73 Å². The number of halogens is 1. The van der Waals surface area contributed by atoms with Gasteiger partial charge < -0.3 is 5.73 Å². The lowest BCUT2D eigenvalue weighted by atomic mass is 10.2. The van der Waals surface area contributed by atoms with Crippen molar-refractivity contribution in [2.75, 3.05) is 6.54 Å². The minimum absolute atomic E-state index is 0.449. The van der Waals surface area contributed by atoms with Gasteiger partial charge in [-0.25, -0.2) is 4.39 Å². The number of rotatable bonds is 4. The Labute approximate surface area is 72.8 Å². The van der Waals surface area contributed by atoms with E-state index in [1.165, 1.54) is 6.08 Å². The van der Waals surface area contributed by atoms with Crippen molar-refractivity contribution in [1.82, 2.24) is 0 Å². The lowest BCUT2D eigenvalue weighted by Crippen LogP contribution is -1.92. The summed E-state index contributed by atoms with van der Waals surface area (Å²) >= 11 is 0. The molecule has 0 amide bonds. The van der Waals surface area contributed by atoms with E-state index in [9.17, 15) is 4.39 Å². The van der Waals surface area contributed by atoms with Crippen molar-refractivity contribution >= 4 is 0 Å². The molecule has 0 aromatic carbocycles. The van der Waals surface area contributed by atoms with Crippen LogP contribution in [0.3, 0.4) is 0 Å². The van der Waals surface area contributed by atoms with Gasteiger partial charge in [-0.15, -0.1) is 0 Å². The molecule has 12 heavy (non-hydrogen) atoms. The van der Waals surface area contributed by atoms with E-state index in [1.807, 2.05) is 19.1 Å². The fraction of sp³-hybridized carbons (Fsp3) is 0.200. The quantitative estimate of drug-likeness (QED) is 0.639. The summed E-state index contributed by atoms with van der Waals surface area (Å²) in [5.41, 5.74) is 6.17. The standard InChI is InChI=1S/C10H14FN/c1-3-10(5-4-8-12)7-6-9(2)11/h3-7H,2,8,12H2,1H3/b5-4+,7-6-,10-3?. The molecule has 0 aromatic rings. The molecule has 0 unspecified atom stereocenters. The summed E-state index contributed by atoms with van der Waals surface area (Å²) in [5.74, 6) is -0.449. The van der Waals surface area contributed by atoms with Crippen LogP contribution in [0.1, 0.15) is 6.92 Å². The van der Waals surface area contributed by atoms with Crippen LogP contribution in [0.25, 0.3) is 0 Å². The normalized spacial score (nSPS) is 13.1. The Morgan fingerprint density at radius 1 is 1.42 bits per heavy atom. The second kappa shape index (κ2) is 6.55. The second-order valence-electron chi connectivity index (χ2n) is 2.21. The number of hydrogen-bond acceptors (Lipinski definition) is 1. The first-order chi connectivity index (χ1) is 5.70. The van der Waals surface area contributed by atoms with Crippen LogP contribution in [0.5, 0.6) is 0 Å². The van der Waals surface area contributed by atoms with Gasteiger partial charge in [-0.1, -0.05) is 30.9 Å². The predicted octanol–water partition coefficient (Wildman–Crippen LogP) is 2.49. The molecular formula is C10H14FN. The third-order valence-corrected chi connectivity index (χ3v) is 1.24. The molecule has 0 radical (unpaired) electrons. The van der Waals surface area contributed by atoms with E-state index in [4.69, 9.17) is 5.73 Å². The Morgan fingerprint density at radius 2 is 2.08 bits per heavy atom. The molecule has 0 bridgehead atoms. The highest BCUT2D eigenvalue weighted by atomic mass is 19.1. The van der Waals surface area contributed by atoms with Gasteiger partial charge in [0.2, 0.25) is 0 Å². The molecule has 0 aromatic heterocycles. The SMILES string of the molecule is C=C(F)/C=C\C(=CC)/C=C/CN. The fourth-order valence-corrected chi connectivity index (χ4v) is 0.639. The molecule has 1 nitrogen and oxygen atoms in total. The van der Waals surface area contributed by atoms with E-state index in [-0.39, 0.29) is 0 Å². The van der Waals surface area contributed by atoms with Crippen molar-refractivity contribution in [3.05, 3.63) is 48.4 Å². The first-order valence-electron chi connectivity index (χ1n) is 3.76. The van der Waals surface area contributed by atoms with E-state index in [0.717, 1.165) is 5.57 Å². The van der Waals surface area contributed by atoms with Crippen LogP contribution in [0.15, 0.2) is 48.4 Å². The highest BCUT2D eigenvalue weighted by molar-refractivity contribution is 5.32. The maximum absolute atomic E-state index is 12.2. The average Bonchev–Trinajstić information content (AvgIpc) is 2.05. The summed E-state index contributed by atoms with van der Waals surface area (Å²) in [5, 5.41) is 0. The molecule has 0 atom stereocenters. The molecule has 0 fully saturated rings. The summed E-state index contributed by atoms with van der Waals surface area (Å²) in [7, 11) is 0. The van der Waals surface area contributed by atoms with Gasteiger partial charge in [0, 0.05) is 6.54 Å². The van der Waals surface area contributed by atoms with Crippen LogP contribution in [0.4, 0.5) is 4.39 Å². The smallest absolute Gasteiger partial charge is 0.116 e. The summed E-state index contributed by atoms with van der Waals surface area (Å²) < 4.78 is 12.2. The lowest BCUT2D eigenvalue weighted by Gasteiger charge is -1.90. The zero-order valence-corrected chi connectivity index (χ0v) is 7.26. The molecule has 0 aliphatic heterocycles. The van der Waals surface area contributed by atoms with Crippen LogP contribution in [-0.4, -0.2) is 6.54 Å². The van der Waals surface area contributed by atoms with E-state index >= 15 is 0 Å². The van der Waals surface area contributed by atoms with E-state index in [1.54, 1.807) is 12.2 Å². The molecule has 0 aliphatic rings. The van der Waals surface area contributed by atoms with Crippen molar-refractivity contribution in [3.63, 3.8) is 0 Å². The number of hydrogen-bond donors (Lipinski definition) is 1. The lowest BCUT2D eigenvalue weighted by molar-refractivity contribution is 0.671. The zero-order valence-electron chi connectivity index (χ0n) is 7.26. The Morgan fingerprint density at radius 3 is 2.50 bits per heavy atom. The molecule has 0 saturated carbocycles. The van der Waals surface area contributed by atoms with Gasteiger partial charge in [0.15, 0.2) is 0 Å². The maximum atomic E-state index is 12.2. The summed E-state index contributed by atoms with van der Waals surface area (Å²) in [6.45, 7) is 5.48. The van der Waals surface area contributed by atoms with E-state index < -0.39 is 5.83 Å². The van der Waals surface area contributed by atoms with Crippen LogP contribution in [0, 0.1) is 0 Å². The Bertz CT molecular complexity index is 224. The minimum atomic E-state index is -0.449. The highest BCUT2D eigenvalue weighted by Gasteiger charge is 1.83. The van der Waals surface area contributed by atoms with Gasteiger partial charge in [-0.3, -0.25) is 0 Å². The highest BCUT2D eigenvalue weighted by Crippen LogP contribution is 2.02. The number of nitrogens with two attached hydrogens (primary N) is 1. The fourth-order valence-electron chi connectivity index (χ4n) is 0.639. The second-order valence-corrected chi connectivity index (χ2v) is 2.21. The zero-order chi connectivity index (χ0) is 9.40. The van der Waals surface area contributed by atoms with Crippen LogP contribution < -0.4 is 5.73 Å². The molecule has 0 rings (SSSR count). The molecule has 0 saturated heterocycles. The van der Waals surface area contributed by atoms with Crippen LogP contribution >= 0.6 is 0 Å². The van der Waals surface area contributed by atoms with E-state index in [2.05, 4.69) is 6.58 Å². The van der Waals surface area contributed by atoms with Gasteiger partial charge in [-0.2, -0.15) is 0 Å². The van der Waals surface area contributed by atoms with Gasteiger partial charge in [0.05, 0.1) is 0 Å². The number of allylic oxidation sites excluding steroid dienone is 6. The molecular weight excluding hydrogens is 153 g/mol. The van der Waals surface area contributed by atoms with Crippen molar-refractivity contribution < 1.29 is 4.39 Å². The topological polar surface area (TPSA) is 26.0 Å². The van der Waals surface area contributed by atoms with E-state index in [0.29, 0.717) is 6.54 Å². The van der Waals surface area contributed by atoms with Crippen molar-refractivity contribution in [2.45, 2.75) is 6.92 Å². The van der Waals surface area contributed by atoms with Gasteiger partial charge in [-0.05, 0) is 18.6 Å². The third-order valence-electron chi connectivity index (χ3n) is 1.24. The van der Waals surface area contributed by atoms with Crippen molar-refractivity contribution in [1.29, 1.82) is 0 Å². The molecule has 0 aliphatic carbocycles. The summed E-state index contributed by atoms with van der Waals surface area (Å²) in [6, 6.07) is 0. The van der Waals surface area contributed by atoms with Crippen molar-refractivity contribution in [3.8, 4) is 0 Å². The Balaban J connectivity index is 4.20. The van der Waals surface area contributed by atoms with Crippen LogP contribution in [-0.2, 0) is 0 Å². The molecule has 66 valence electrons. The van der Waals surface area contributed by atoms with Gasteiger partial charge in [0.25, 0.3) is 0 Å². The minimum Gasteiger partial charge on any atom is -0.327 e. The molecule has 0 heterocycles. The third kappa shape index (κ3) is 5.62. The van der Waals surface area contributed by atoms with Gasteiger partial charge in [0.1, 0.15) is 5.83 Å². The monoisotopic (exact) mass is 167 g/mol.